The van der Waals surface area contributed by atoms with Crippen molar-refractivity contribution in [2.24, 2.45) is 5.92 Å². The van der Waals surface area contributed by atoms with E-state index in [0.29, 0.717) is 6.54 Å². The number of aliphatic hydroxyl groups is 1. The minimum absolute atomic E-state index is 0.000924. The normalized spacial score (nSPS) is 24.1. The number of hydrogen-bond donors (Lipinski definition) is 2. The summed E-state index contributed by atoms with van der Waals surface area (Å²) in [4.78, 5) is 16.3. The van der Waals surface area contributed by atoms with E-state index in [2.05, 4.69) is 64.5 Å². The van der Waals surface area contributed by atoms with E-state index in [9.17, 15) is 9.90 Å². The van der Waals surface area contributed by atoms with Gasteiger partial charge in [0.25, 0.3) is 0 Å². The number of nitrogens with zero attached hydrogens (tertiary/aromatic N) is 2. The molecule has 0 bridgehead atoms. The van der Waals surface area contributed by atoms with Crippen LogP contribution in [0.4, 0.5) is 0 Å². The number of rotatable bonds is 9. The highest BCUT2D eigenvalue weighted by atomic mass is 16.7. The van der Waals surface area contributed by atoms with Crippen molar-refractivity contribution in [2.75, 3.05) is 32.7 Å². The molecule has 0 spiro atoms. The quantitative estimate of drug-likeness (QED) is 0.416. The standard InChI is InChI=1S/C33H41N3O4/c1-24-31(22-36-18-16-35(17-19-36)21-27-6-4-3-5-7-27)39-33(30-14-8-26(9-15-30)20-34-25(2)38)40-32(24)29-12-10-28(23-37)11-13-29/h3-15,24,31-33,37H,16-23H2,1-2H3,(H,34,38)/t24-,31+,32+,33+/m0/s1. The summed E-state index contributed by atoms with van der Waals surface area (Å²) in [5, 5.41) is 12.4. The molecule has 2 heterocycles. The maximum Gasteiger partial charge on any atom is 0.217 e. The minimum atomic E-state index is -0.488. The molecule has 1 amide bonds. The van der Waals surface area contributed by atoms with Gasteiger partial charge in [-0.05, 0) is 22.3 Å². The Balaban J connectivity index is 1.27. The van der Waals surface area contributed by atoms with E-state index in [-0.39, 0.29) is 30.6 Å². The minimum Gasteiger partial charge on any atom is -0.392 e. The predicted molar refractivity (Wildman–Crippen MR) is 155 cm³/mol. The number of carbonyl (C=O) groups is 1. The fraction of sp³-hybridized carbons (Fsp3) is 0.424. The van der Waals surface area contributed by atoms with Gasteiger partial charge < -0.3 is 19.9 Å². The topological polar surface area (TPSA) is 74.3 Å². The van der Waals surface area contributed by atoms with Crippen molar-refractivity contribution < 1.29 is 19.4 Å². The van der Waals surface area contributed by atoms with Crippen molar-refractivity contribution in [2.45, 2.75) is 52.0 Å². The van der Waals surface area contributed by atoms with Crippen molar-refractivity contribution in [1.82, 2.24) is 15.1 Å². The molecular weight excluding hydrogens is 502 g/mol. The monoisotopic (exact) mass is 543 g/mol. The van der Waals surface area contributed by atoms with E-state index in [1.54, 1.807) is 0 Å². The lowest BCUT2D eigenvalue weighted by atomic mass is 9.90. The lowest BCUT2D eigenvalue weighted by molar-refractivity contribution is -0.276. The highest BCUT2D eigenvalue weighted by Crippen LogP contribution is 2.42. The maximum atomic E-state index is 11.3. The second kappa shape index (κ2) is 13.5. The second-order valence-electron chi connectivity index (χ2n) is 11.0. The first-order chi connectivity index (χ1) is 19.5. The van der Waals surface area contributed by atoms with Crippen molar-refractivity contribution >= 4 is 5.91 Å². The van der Waals surface area contributed by atoms with Crippen LogP contribution in [-0.2, 0) is 34.0 Å². The molecule has 0 unspecified atom stereocenters. The van der Waals surface area contributed by atoms with Gasteiger partial charge in [-0.1, -0.05) is 85.8 Å². The fourth-order valence-corrected chi connectivity index (χ4v) is 5.57. The highest BCUT2D eigenvalue weighted by Gasteiger charge is 2.39. The number of carbonyl (C=O) groups excluding carboxylic acids is 1. The molecule has 212 valence electrons. The van der Waals surface area contributed by atoms with Crippen LogP contribution >= 0.6 is 0 Å². The smallest absolute Gasteiger partial charge is 0.217 e. The molecule has 0 radical (unpaired) electrons. The molecule has 2 saturated heterocycles. The van der Waals surface area contributed by atoms with Crippen LogP contribution in [0.2, 0.25) is 0 Å². The largest absolute Gasteiger partial charge is 0.392 e. The first-order valence-electron chi connectivity index (χ1n) is 14.3. The van der Waals surface area contributed by atoms with Crippen molar-refractivity contribution in [3.05, 3.63) is 107 Å². The van der Waals surface area contributed by atoms with Gasteiger partial charge in [0.05, 0.1) is 18.8 Å². The predicted octanol–water partition coefficient (Wildman–Crippen LogP) is 4.42. The molecule has 0 saturated carbocycles. The third kappa shape index (κ3) is 7.36. The summed E-state index contributed by atoms with van der Waals surface area (Å²) in [6, 6.07) is 26.8. The van der Waals surface area contributed by atoms with Crippen LogP contribution in [-0.4, -0.2) is 59.6 Å². The van der Waals surface area contributed by atoms with Gasteiger partial charge in [-0.3, -0.25) is 14.6 Å². The first-order valence-corrected chi connectivity index (χ1v) is 14.3. The number of ether oxygens (including phenoxy) is 2. The van der Waals surface area contributed by atoms with Crippen LogP contribution < -0.4 is 5.32 Å². The third-order valence-corrected chi connectivity index (χ3v) is 8.07. The molecule has 0 aromatic heterocycles. The van der Waals surface area contributed by atoms with E-state index >= 15 is 0 Å². The molecule has 3 aromatic carbocycles. The zero-order valence-corrected chi connectivity index (χ0v) is 23.5. The summed E-state index contributed by atoms with van der Waals surface area (Å²) in [5.74, 6) is 0.105. The van der Waals surface area contributed by atoms with Crippen molar-refractivity contribution in [3.8, 4) is 0 Å². The van der Waals surface area contributed by atoms with Crippen molar-refractivity contribution in [1.29, 1.82) is 0 Å². The van der Waals surface area contributed by atoms with Gasteiger partial charge >= 0.3 is 0 Å². The van der Waals surface area contributed by atoms with Crippen LogP contribution in [0.5, 0.6) is 0 Å². The SMILES string of the molecule is CC(=O)NCc1ccc([C@@H]2O[C@H](CN3CCN(Cc4ccccc4)CC3)[C@H](C)[C@H](c3ccc(CO)cc3)O2)cc1. The Morgan fingerprint density at radius 3 is 2.10 bits per heavy atom. The molecule has 7 nitrogen and oxygen atoms in total. The summed E-state index contributed by atoms with van der Waals surface area (Å²) in [6.07, 6.45) is -0.617. The Bertz CT molecular complexity index is 1210. The lowest BCUT2D eigenvalue weighted by Gasteiger charge is -2.44. The Kier molecular flexibility index (Phi) is 9.62. The third-order valence-electron chi connectivity index (χ3n) is 8.07. The second-order valence-corrected chi connectivity index (χ2v) is 11.0. The number of benzene rings is 3. The average molecular weight is 544 g/mol. The maximum absolute atomic E-state index is 11.3. The van der Waals surface area contributed by atoms with Crippen molar-refractivity contribution in [3.63, 3.8) is 0 Å². The molecule has 3 aromatic rings. The summed E-state index contributed by atoms with van der Waals surface area (Å²) in [5.41, 5.74) is 5.34. The summed E-state index contributed by atoms with van der Waals surface area (Å²) >= 11 is 0. The van der Waals surface area contributed by atoms with Crippen LogP contribution in [0.3, 0.4) is 0 Å². The molecule has 4 atom stereocenters. The molecule has 2 fully saturated rings. The van der Waals surface area contributed by atoms with Gasteiger partial charge in [0.1, 0.15) is 0 Å². The molecule has 2 aliphatic rings. The lowest BCUT2D eigenvalue weighted by Crippen LogP contribution is -2.51. The van der Waals surface area contributed by atoms with Gasteiger partial charge in [-0.15, -0.1) is 0 Å². The van der Waals surface area contributed by atoms with Crippen LogP contribution in [0.1, 0.15) is 54.1 Å². The molecule has 5 rings (SSSR count). The number of aliphatic hydroxyl groups excluding tert-OH is 1. The zero-order chi connectivity index (χ0) is 27.9. The Morgan fingerprint density at radius 1 is 0.825 bits per heavy atom. The van der Waals surface area contributed by atoms with E-state index in [0.717, 1.165) is 61.5 Å². The number of piperazine rings is 1. The molecule has 2 N–H and O–H groups in total. The van der Waals surface area contributed by atoms with E-state index in [1.165, 1.54) is 12.5 Å². The van der Waals surface area contributed by atoms with Crippen LogP contribution in [0, 0.1) is 5.92 Å². The zero-order valence-electron chi connectivity index (χ0n) is 23.5. The summed E-state index contributed by atoms with van der Waals surface area (Å²) in [6.45, 7) is 10.2. The molecule has 0 aliphatic carbocycles. The number of hydrogen-bond acceptors (Lipinski definition) is 6. The fourth-order valence-electron chi connectivity index (χ4n) is 5.57. The van der Waals surface area contributed by atoms with Gasteiger partial charge in [0.2, 0.25) is 5.91 Å². The molecule has 7 heteroatoms. The Hall–Kier alpha value is -3.07. The van der Waals surface area contributed by atoms with E-state index in [4.69, 9.17) is 9.47 Å². The Morgan fingerprint density at radius 2 is 1.45 bits per heavy atom. The Labute approximate surface area is 237 Å². The first kappa shape index (κ1) is 28.5. The van der Waals surface area contributed by atoms with E-state index in [1.807, 2.05) is 36.4 Å². The van der Waals surface area contributed by atoms with Crippen LogP contribution in [0.25, 0.3) is 0 Å². The molecule has 2 aliphatic heterocycles. The van der Waals surface area contributed by atoms with Gasteiger partial charge in [0.15, 0.2) is 6.29 Å². The number of amides is 1. The average Bonchev–Trinajstić information content (AvgIpc) is 2.99. The van der Waals surface area contributed by atoms with Crippen LogP contribution in [0.15, 0.2) is 78.9 Å². The molecule has 40 heavy (non-hydrogen) atoms. The number of nitrogens with one attached hydrogen (secondary N) is 1. The molecular formula is C33H41N3O4. The summed E-state index contributed by atoms with van der Waals surface area (Å²) in [7, 11) is 0. The van der Waals surface area contributed by atoms with E-state index < -0.39 is 6.29 Å². The highest BCUT2D eigenvalue weighted by molar-refractivity contribution is 5.72. The van der Waals surface area contributed by atoms with Gasteiger partial charge in [-0.2, -0.15) is 0 Å². The summed E-state index contributed by atoms with van der Waals surface area (Å²) < 4.78 is 13.3. The van der Waals surface area contributed by atoms with Gasteiger partial charge in [-0.25, -0.2) is 0 Å². The van der Waals surface area contributed by atoms with Gasteiger partial charge in [0, 0.05) is 64.2 Å².